The summed E-state index contributed by atoms with van der Waals surface area (Å²) in [5, 5.41) is 0. The molecule has 0 aromatic carbocycles. The number of likely N-dealkylation sites (tertiary alicyclic amines) is 1. The van der Waals surface area contributed by atoms with Crippen molar-refractivity contribution in [3.8, 4) is 0 Å². The summed E-state index contributed by atoms with van der Waals surface area (Å²) in [5.41, 5.74) is 0. The first-order valence-corrected chi connectivity index (χ1v) is 5.10. The smallest absolute Gasteiger partial charge is 0.0247 e. The molecular weight excluding hydrogens is 146 g/mol. The van der Waals surface area contributed by atoms with Gasteiger partial charge in [0.2, 0.25) is 0 Å². The topological polar surface area (TPSA) is 3.24 Å². The Bertz CT molecular complexity index is 142. The van der Waals surface area contributed by atoms with Gasteiger partial charge in [0.05, 0.1) is 0 Å². The Morgan fingerprint density at radius 1 is 1.42 bits per heavy atom. The van der Waals surface area contributed by atoms with Gasteiger partial charge in [-0.2, -0.15) is 0 Å². The normalized spacial score (nSPS) is 29.3. The second-order valence-corrected chi connectivity index (χ2v) is 4.05. The molecule has 0 N–H and O–H groups in total. The van der Waals surface area contributed by atoms with Crippen LogP contribution in [0.25, 0.3) is 0 Å². The molecule has 1 aliphatic rings. The maximum absolute atomic E-state index is 3.84. The minimum absolute atomic E-state index is 0.565. The summed E-state index contributed by atoms with van der Waals surface area (Å²) in [5.74, 6) is 0.923. The van der Waals surface area contributed by atoms with Crippen LogP contribution in [0, 0.1) is 5.92 Å². The predicted octanol–water partition coefficient (Wildman–Crippen LogP) is 2.68. The Morgan fingerprint density at radius 3 is 2.83 bits per heavy atom. The number of hydrogen-bond donors (Lipinski definition) is 0. The van der Waals surface area contributed by atoms with Gasteiger partial charge in [-0.25, -0.2) is 0 Å². The van der Waals surface area contributed by atoms with E-state index in [1.54, 1.807) is 0 Å². The third kappa shape index (κ3) is 2.63. The van der Waals surface area contributed by atoms with Crippen LogP contribution in [0.3, 0.4) is 0 Å². The molecule has 1 fully saturated rings. The van der Waals surface area contributed by atoms with Gasteiger partial charge < -0.3 is 0 Å². The standard InChI is InChI=1S/C11H21N/c1-4-11(3)12-8-5-6-10(2)7-9-12/h4,10-11H,1,5-9H2,2-3H3. The van der Waals surface area contributed by atoms with Crippen molar-refractivity contribution in [2.75, 3.05) is 13.1 Å². The highest BCUT2D eigenvalue weighted by molar-refractivity contribution is 4.85. The van der Waals surface area contributed by atoms with Crippen LogP contribution in [0.2, 0.25) is 0 Å². The lowest BCUT2D eigenvalue weighted by atomic mass is 10.0. The molecule has 0 bridgehead atoms. The first kappa shape index (κ1) is 9.79. The van der Waals surface area contributed by atoms with E-state index in [1.165, 1.54) is 32.4 Å². The van der Waals surface area contributed by atoms with Crippen LogP contribution in [0.5, 0.6) is 0 Å². The SMILES string of the molecule is C=CC(C)N1CCCC(C)CC1. The van der Waals surface area contributed by atoms with Gasteiger partial charge in [0.1, 0.15) is 0 Å². The van der Waals surface area contributed by atoms with Crippen molar-refractivity contribution in [1.29, 1.82) is 0 Å². The molecule has 0 amide bonds. The minimum Gasteiger partial charge on any atom is -0.297 e. The van der Waals surface area contributed by atoms with Crippen molar-refractivity contribution >= 4 is 0 Å². The fourth-order valence-corrected chi connectivity index (χ4v) is 1.84. The monoisotopic (exact) mass is 167 g/mol. The lowest BCUT2D eigenvalue weighted by Crippen LogP contribution is -2.32. The summed E-state index contributed by atoms with van der Waals surface area (Å²) in [7, 11) is 0. The Labute approximate surface area is 76.5 Å². The molecule has 0 radical (unpaired) electrons. The van der Waals surface area contributed by atoms with Crippen LogP contribution < -0.4 is 0 Å². The van der Waals surface area contributed by atoms with Crippen LogP contribution in [0.15, 0.2) is 12.7 Å². The van der Waals surface area contributed by atoms with E-state index in [0.29, 0.717) is 6.04 Å². The van der Waals surface area contributed by atoms with E-state index in [1.807, 2.05) is 0 Å². The molecule has 0 spiro atoms. The molecule has 0 aromatic heterocycles. The van der Waals surface area contributed by atoms with Crippen LogP contribution in [-0.2, 0) is 0 Å². The average Bonchev–Trinajstić information content (AvgIpc) is 2.29. The van der Waals surface area contributed by atoms with E-state index < -0.39 is 0 Å². The summed E-state index contributed by atoms with van der Waals surface area (Å²) < 4.78 is 0. The van der Waals surface area contributed by atoms with Crippen molar-refractivity contribution in [3.63, 3.8) is 0 Å². The molecule has 1 saturated heterocycles. The van der Waals surface area contributed by atoms with Gasteiger partial charge in [0, 0.05) is 6.04 Å². The van der Waals surface area contributed by atoms with E-state index in [2.05, 4.69) is 31.4 Å². The third-order valence-corrected chi connectivity index (χ3v) is 2.97. The van der Waals surface area contributed by atoms with Gasteiger partial charge in [-0.1, -0.05) is 13.0 Å². The van der Waals surface area contributed by atoms with E-state index in [-0.39, 0.29) is 0 Å². The van der Waals surface area contributed by atoms with Gasteiger partial charge in [-0.3, -0.25) is 4.90 Å². The van der Waals surface area contributed by atoms with E-state index in [9.17, 15) is 0 Å². The highest BCUT2D eigenvalue weighted by Crippen LogP contribution is 2.17. The van der Waals surface area contributed by atoms with Gasteiger partial charge in [0.15, 0.2) is 0 Å². The lowest BCUT2D eigenvalue weighted by molar-refractivity contribution is 0.249. The quantitative estimate of drug-likeness (QED) is 0.572. The molecule has 70 valence electrons. The summed E-state index contributed by atoms with van der Waals surface area (Å²) in [6.45, 7) is 11.0. The second-order valence-electron chi connectivity index (χ2n) is 4.05. The summed E-state index contributed by atoms with van der Waals surface area (Å²) in [4.78, 5) is 2.54. The molecule has 1 heterocycles. The van der Waals surface area contributed by atoms with Gasteiger partial charge in [0.25, 0.3) is 0 Å². The van der Waals surface area contributed by atoms with E-state index in [0.717, 1.165) is 5.92 Å². The van der Waals surface area contributed by atoms with Crippen molar-refractivity contribution in [2.45, 2.75) is 39.2 Å². The average molecular weight is 167 g/mol. The van der Waals surface area contributed by atoms with E-state index >= 15 is 0 Å². The summed E-state index contributed by atoms with van der Waals surface area (Å²) in [6, 6.07) is 0.565. The van der Waals surface area contributed by atoms with Crippen molar-refractivity contribution in [3.05, 3.63) is 12.7 Å². The zero-order valence-electron chi connectivity index (χ0n) is 8.42. The Morgan fingerprint density at radius 2 is 2.17 bits per heavy atom. The Kier molecular flexibility index (Phi) is 3.80. The first-order valence-electron chi connectivity index (χ1n) is 5.10. The Hall–Kier alpha value is -0.300. The lowest BCUT2D eigenvalue weighted by Gasteiger charge is -2.24. The third-order valence-electron chi connectivity index (χ3n) is 2.97. The maximum Gasteiger partial charge on any atom is 0.0247 e. The molecule has 0 saturated carbocycles. The van der Waals surface area contributed by atoms with Crippen molar-refractivity contribution in [2.24, 2.45) is 5.92 Å². The fourth-order valence-electron chi connectivity index (χ4n) is 1.84. The van der Waals surface area contributed by atoms with Gasteiger partial charge in [-0.05, 0) is 45.2 Å². The number of nitrogens with zero attached hydrogens (tertiary/aromatic N) is 1. The molecule has 0 aromatic rings. The summed E-state index contributed by atoms with van der Waals surface area (Å²) in [6.07, 6.45) is 6.17. The molecule has 1 heteroatoms. The number of hydrogen-bond acceptors (Lipinski definition) is 1. The van der Waals surface area contributed by atoms with Gasteiger partial charge in [-0.15, -0.1) is 6.58 Å². The number of rotatable bonds is 2. The second kappa shape index (κ2) is 4.66. The molecule has 12 heavy (non-hydrogen) atoms. The fraction of sp³-hybridized carbons (Fsp3) is 0.818. The summed E-state index contributed by atoms with van der Waals surface area (Å²) >= 11 is 0. The highest BCUT2D eigenvalue weighted by atomic mass is 15.1. The van der Waals surface area contributed by atoms with Crippen molar-refractivity contribution in [1.82, 2.24) is 4.90 Å². The molecule has 1 nitrogen and oxygen atoms in total. The largest absolute Gasteiger partial charge is 0.297 e. The van der Waals surface area contributed by atoms with Crippen molar-refractivity contribution < 1.29 is 0 Å². The molecule has 1 rings (SSSR count). The minimum atomic E-state index is 0.565. The zero-order chi connectivity index (χ0) is 8.97. The molecule has 2 unspecified atom stereocenters. The maximum atomic E-state index is 3.84. The van der Waals surface area contributed by atoms with Crippen LogP contribution in [0.1, 0.15) is 33.1 Å². The zero-order valence-corrected chi connectivity index (χ0v) is 8.42. The van der Waals surface area contributed by atoms with Crippen LogP contribution >= 0.6 is 0 Å². The molecule has 0 aliphatic carbocycles. The van der Waals surface area contributed by atoms with Gasteiger partial charge >= 0.3 is 0 Å². The molecule has 2 atom stereocenters. The highest BCUT2D eigenvalue weighted by Gasteiger charge is 2.15. The van der Waals surface area contributed by atoms with Crippen LogP contribution in [-0.4, -0.2) is 24.0 Å². The Balaban J connectivity index is 2.40. The molecule has 1 aliphatic heterocycles. The molecular formula is C11H21N. The van der Waals surface area contributed by atoms with Crippen LogP contribution in [0.4, 0.5) is 0 Å². The predicted molar refractivity (Wildman–Crippen MR) is 54.2 cm³/mol. The first-order chi connectivity index (χ1) is 5.74. The van der Waals surface area contributed by atoms with E-state index in [4.69, 9.17) is 0 Å².